The van der Waals surface area contributed by atoms with Crippen LogP contribution in [0, 0.1) is 5.92 Å². The number of carboxylic acid groups (broad SMARTS) is 2. The van der Waals surface area contributed by atoms with Crippen molar-refractivity contribution < 1.29 is 149 Å². The highest BCUT2D eigenvalue weighted by Gasteiger charge is 2.50. The minimum absolute atomic E-state index is 0. The summed E-state index contributed by atoms with van der Waals surface area (Å²) in [6.45, 7) is 1.61. The minimum Gasteiger partial charge on any atom is -0.510 e. The van der Waals surface area contributed by atoms with Crippen LogP contribution in [0.4, 0.5) is 0 Å². The second-order valence-electron chi connectivity index (χ2n) is 24.5. The van der Waals surface area contributed by atoms with Gasteiger partial charge in [-0.15, -0.1) is 0 Å². The Labute approximate surface area is 555 Å². The van der Waals surface area contributed by atoms with Crippen molar-refractivity contribution in [3.05, 3.63) is 138 Å². The Morgan fingerprint density at radius 3 is 1.46 bits per heavy atom. The molecule has 4 aromatic carbocycles. The average molecular weight is 1380 g/mol. The Bertz CT molecular complexity index is 3900. The SMILES string of the molecule is CC1C(CO)OC(COc2cc(CCOC3CC4OC(=O)C=C4C=C3O)cc3ccc(CC(=O)O)c(O)c3c2=O)C(O)C1O.CC1OC(O)C(OC2OC(COc3cc(CCOC4CC5OC(=O)C=C5C=C4O)cc4ccc(CC(=O)O)c(O)c4c3=O)C(O)C(O)C2O)C(O)C1O.O. The highest BCUT2D eigenvalue weighted by atomic mass is 16.7. The second kappa shape index (κ2) is 31.3. The Balaban J connectivity index is 0.000000231. The molecule has 3 fully saturated rings. The lowest BCUT2D eigenvalue weighted by atomic mass is 9.88. The number of phenolic OH excluding ortho intramolecular Hbond substituents is 2. The van der Waals surface area contributed by atoms with Gasteiger partial charge in [0.1, 0.15) is 116 Å². The third-order valence-electron chi connectivity index (χ3n) is 17.8. The number of carbonyl (C=O) groups is 4. The first kappa shape index (κ1) is 74.0. The van der Waals surface area contributed by atoms with Gasteiger partial charge in [-0.2, -0.15) is 0 Å². The molecule has 17 N–H and O–H groups in total. The van der Waals surface area contributed by atoms with Gasteiger partial charge in [-0.05, 0) is 65.9 Å². The second-order valence-corrected chi connectivity index (χ2v) is 24.5. The molecule has 3 saturated heterocycles. The number of aliphatic hydroxyl groups is 11. The first-order valence-corrected chi connectivity index (χ1v) is 31.0. The molecule has 0 amide bonds. The molecule has 4 aromatic rings. The van der Waals surface area contributed by atoms with Gasteiger partial charge in [-0.1, -0.05) is 43.3 Å². The Morgan fingerprint density at radius 2 is 1.00 bits per heavy atom. The van der Waals surface area contributed by atoms with Crippen molar-refractivity contribution in [3.63, 3.8) is 0 Å². The van der Waals surface area contributed by atoms with Gasteiger partial charge in [0.25, 0.3) is 0 Å². The van der Waals surface area contributed by atoms with E-state index in [4.69, 9.17) is 47.4 Å². The molecule has 7 aliphatic rings. The van der Waals surface area contributed by atoms with E-state index >= 15 is 0 Å². The van der Waals surface area contributed by atoms with E-state index in [1.54, 1.807) is 19.1 Å². The van der Waals surface area contributed by atoms with Crippen molar-refractivity contribution in [2.45, 2.75) is 163 Å². The zero-order chi connectivity index (χ0) is 70.0. The highest BCUT2D eigenvalue weighted by molar-refractivity contribution is 5.92. The zero-order valence-electron chi connectivity index (χ0n) is 52.4. The van der Waals surface area contributed by atoms with Crippen LogP contribution in [-0.4, -0.2) is 249 Å². The number of carbonyl (C=O) groups excluding carboxylic acids is 2. The Kier molecular flexibility index (Phi) is 23.6. The van der Waals surface area contributed by atoms with Crippen molar-refractivity contribution >= 4 is 45.4 Å². The molecule has 0 radical (unpaired) electrons. The van der Waals surface area contributed by atoms with Crippen molar-refractivity contribution in [3.8, 4) is 23.0 Å². The van der Waals surface area contributed by atoms with Gasteiger partial charge in [-0.3, -0.25) is 19.2 Å². The van der Waals surface area contributed by atoms with Gasteiger partial charge >= 0.3 is 23.9 Å². The van der Waals surface area contributed by atoms with Gasteiger partial charge < -0.3 is 129 Å². The first-order chi connectivity index (χ1) is 46.1. The van der Waals surface area contributed by atoms with Crippen LogP contribution in [0.1, 0.15) is 48.9 Å². The molecule has 32 heteroatoms. The van der Waals surface area contributed by atoms with Crippen LogP contribution < -0.4 is 20.3 Å². The van der Waals surface area contributed by atoms with Gasteiger partial charge in [-0.25, -0.2) is 9.59 Å². The third-order valence-corrected chi connectivity index (χ3v) is 17.8. The molecular formula is C66H76O32. The lowest BCUT2D eigenvalue weighted by Crippen LogP contribution is -2.63. The number of aliphatic hydroxyl groups excluding tert-OH is 11. The molecule has 5 heterocycles. The van der Waals surface area contributed by atoms with E-state index in [1.165, 1.54) is 67.6 Å². The maximum atomic E-state index is 13.9. The summed E-state index contributed by atoms with van der Waals surface area (Å²) in [5.74, 6) is -5.96. The summed E-state index contributed by atoms with van der Waals surface area (Å²) in [4.78, 5) is 73.6. The lowest BCUT2D eigenvalue weighted by molar-refractivity contribution is -0.358. The molecule has 19 unspecified atom stereocenters. The van der Waals surface area contributed by atoms with E-state index in [9.17, 15) is 105 Å². The van der Waals surface area contributed by atoms with E-state index in [2.05, 4.69) is 0 Å². The quantitative estimate of drug-likeness (QED) is 0.0402. The van der Waals surface area contributed by atoms with Crippen molar-refractivity contribution in [2.75, 3.05) is 33.0 Å². The molecule has 0 bridgehead atoms. The third kappa shape index (κ3) is 16.2. The fourth-order valence-electron chi connectivity index (χ4n) is 12.4. The molecule has 0 aromatic heterocycles. The highest BCUT2D eigenvalue weighted by Crippen LogP contribution is 2.36. The first-order valence-electron chi connectivity index (χ1n) is 31.0. The van der Waals surface area contributed by atoms with Crippen LogP contribution in [0.15, 0.2) is 105 Å². The van der Waals surface area contributed by atoms with Crippen molar-refractivity contribution in [1.29, 1.82) is 0 Å². The van der Waals surface area contributed by atoms with E-state index in [0.717, 1.165) is 0 Å². The Hall–Kier alpha value is -8.26. The van der Waals surface area contributed by atoms with Crippen LogP contribution in [0.2, 0.25) is 0 Å². The largest absolute Gasteiger partial charge is 0.510 e. The van der Waals surface area contributed by atoms with Gasteiger partial charge in [0.2, 0.25) is 10.9 Å². The molecule has 19 atom stereocenters. The van der Waals surface area contributed by atoms with Crippen LogP contribution in [0.3, 0.4) is 0 Å². The van der Waals surface area contributed by atoms with E-state index in [0.29, 0.717) is 27.7 Å². The average Bonchev–Trinajstić information content (AvgIpc) is 1.37. The van der Waals surface area contributed by atoms with E-state index in [1.807, 2.05) is 0 Å². The number of aromatic hydroxyl groups is 2. The Morgan fingerprint density at radius 1 is 0.541 bits per heavy atom. The number of carboxylic acids is 2. The molecule has 0 saturated carbocycles. The van der Waals surface area contributed by atoms with E-state index < -0.39 is 194 Å². The summed E-state index contributed by atoms with van der Waals surface area (Å²) >= 11 is 0. The monoisotopic (exact) mass is 1380 g/mol. The zero-order valence-corrected chi connectivity index (χ0v) is 52.4. The minimum atomic E-state index is -1.91. The topological polar surface area (TPSA) is 530 Å². The summed E-state index contributed by atoms with van der Waals surface area (Å²) in [5.41, 5.74) is 0.391. The fourth-order valence-corrected chi connectivity index (χ4v) is 12.4. The standard InChI is InChI=1S/C35H40O18.C31H34O13.H2O/c1-13-26(40)31(45)33(34(47)50-13)53-35-32(46)30(44)29(43)22(52-35)12-49-21-7-14(4-5-48-20-11-19-17(8-18(20)36)10-24(39)51-19)6-15-2-3-16(9-23(37)38)27(41)25(15)28(21)42;1-14-23(12-32)43-24(31(40)28(14)37)13-42-22-7-15(4-5-41-21-11-20-18(8-19(21)33)10-26(36)44-20)6-16-2-3-17(9-25(34)35)29(38)27(16)30(22)39;/h2-3,6-8,10,13,19-20,22,26,29-36,40-41,43-47H,4-5,9,11-12H2,1H3,(H,37,38);2-3,6-8,10,14,20-21,23-24,28,31-33,37-38,40H,4-5,9,11-13H2,1H3,(H,34,35);1H2. The molecule has 98 heavy (non-hydrogen) atoms. The molecule has 532 valence electrons. The summed E-state index contributed by atoms with van der Waals surface area (Å²) in [7, 11) is 0. The van der Waals surface area contributed by atoms with Crippen LogP contribution in [0.25, 0.3) is 21.5 Å². The fraction of sp³-hybridized carbons (Fsp3) is 0.485. The number of aliphatic carboxylic acids is 2. The van der Waals surface area contributed by atoms with Gasteiger partial charge in [0.15, 0.2) is 24.1 Å². The van der Waals surface area contributed by atoms with Crippen LogP contribution >= 0.6 is 0 Å². The maximum Gasteiger partial charge on any atom is 0.331 e. The number of hydrogen-bond donors (Lipinski definition) is 15. The van der Waals surface area contributed by atoms with Gasteiger partial charge in [0.05, 0.1) is 61.7 Å². The number of rotatable bonds is 21. The van der Waals surface area contributed by atoms with Crippen molar-refractivity contribution in [1.82, 2.24) is 0 Å². The predicted molar refractivity (Wildman–Crippen MR) is 332 cm³/mol. The van der Waals surface area contributed by atoms with Crippen LogP contribution in [0.5, 0.6) is 23.0 Å². The summed E-state index contributed by atoms with van der Waals surface area (Å²) in [5, 5.41) is 155. The number of hydrogen-bond acceptors (Lipinski definition) is 29. The number of phenols is 2. The molecule has 2 aliphatic carbocycles. The summed E-state index contributed by atoms with van der Waals surface area (Å²) in [6.07, 6.45) is -18.6. The molecule has 5 aliphatic heterocycles. The number of fused-ring (bicyclic) bond motifs is 4. The normalized spacial score (nSPS) is 31.2. The smallest absolute Gasteiger partial charge is 0.331 e. The van der Waals surface area contributed by atoms with Gasteiger partial charge in [0, 0.05) is 53.2 Å². The molecule has 11 rings (SSSR count). The summed E-state index contributed by atoms with van der Waals surface area (Å²) < 4.78 is 55.8. The number of benzene rings is 2. The number of ether oxygens (including phenoxy) is 10. The van der Waals surface area contributed by atoms with Crippen LogP contribution in [-0.2, 0) is 82.8 Å². The van der Waals surface area contributed by atoms with Crippen molar-refractivity contribution in [2.24, 2.45) is 5.92 Å². The predicted octanol–water partition coefficient (Wildman–Crippen LogP) is -1.98. The summed E-state index contributed by atoms with van der Waals surface area (Å²) in [6, 6.07) is 11.6. The van der Waals surface area contributed by atoms with E-state index in [-0.39, 0.29) is 95.5 Å². The maximum absolute atomic E-state index is 13.9. The molecule has 0 spiro atoms. The number of esters is 2. The molecular weight excluding hydrogens is 1300 g/mol. The molecule has 32 nitrogen and oxygen atoms in total. The lowest BCUT2D eigenvalue weighted by Gasteiger charge is -2.44.